The quantitative estimate of drug-likeness (QED) is 0.566. The predicted octanol–water partition coefficient (Wildman–Crippen LogP) is 2.91. The van der Waals surface area contributed by atoms with E-state index in [1.54, 1.807) is 0 Å². The van der Waals surface area contributed by atoms with Crippen LogP contribution in [0, 0.1) is 5.92 Å². The lowest BCUT2D eigenvalue weighted by atomic mass is 9.86. The van der Waals surface area contributed by atoms with Gasteiger partial charge in [-0.3, -0.25) is 4.79 Å². The van der Waals surface area contributed by atoms with Gasteiger partial charge in [0.25, 0.3) is 0 Å². The summed E-state index contributed by atoms with van der Waals surface area (Å²) in [7, 11) is 1.53. The molecule has 2 amide bonds. The first-order chi connectivity index (χ1) is 13.6. The molecule has 28 heavy (non-hydrogen) atoms. The number of hydrogen-bond acceptors (Lipinski definition) is 5. The minimum atomic E-state index is -0.806. The van der Waals surface area contributed by atoms with E-state index in [9.17, 15) is 9.59 Å². The molecule has 3 rings (SSSR count). The highest BCUT2D eigenvalue weighted by Crippen LogP contribution is 2.40. The van der Waals surface area contributed by atoms with Gasteiger partial charge in [0.2, 0.25) is 0 Å². The van der Waals surface area contributed by atoms with Crippen LogP contribution in [-0.2, 0) is 14.3 Å². The molecule has 0 bridgehead atoms. The topological polar surface area (TPSA) is 85.9 Å². The van der Waals surface area contributed by atoms with E-state index in [1.165, 1.54) is 7.11 Å². The number of fused-ring (bicyclic) bond motifs is 1. The lowest BCUT2D eigenvalue weighted by Crippen LogP contribution is -2.51. The van der Waals surface area contributed by atoms with Crippen LogP contribution in [0.1, 0.15) is 18.5 Å². The van der Waals surface area contributed by atoms with Gasteiger partial charge < -0.3 is 24.8 Å². The van der Waals surface area contributed by atoms with Gasteiger partial charge in [-0.05, 0) is 23.8 Å². The van der Waals surface area contributed by atoms with E-state index in [0.29, 0.717) is 12.4 Å². The van der Waals surface area contributed by atoms with Crippen molar-refractivity contribution in [3.05, 3.63) is 54.2 Å². The highest BCUT2D eigenvalue weighted by Gasteiger charge is 2.41. The smallest absolute Gasteiger partial charge is 0.319 e. The van der Waals surface area contributed by atoms with Crippen LogP contribution in [0.25, 0.3) is 10.8 Å². The van der Waals surface area contributed by atoms with Crippen LogP contribution in [0.3, 0.4) is 0 Å². The molecule has 2 atom stereocenters. The lowest BCUT2D eigenvalue weighted by Gasteiger charge is -2.34. The molecule has 0 saturated carbocycles. The Hall–Kier alpha value is -3.06. The van der Waals surface area contributed by atoms with E-state index in [2.05, 4.69) is 17.2 Å². The first-order valence-corrected chi connectivity index (χ1v) is 9.13. The second kappa shape index (κ2) is 8.75. The highest BCUT2D eigenvalue weighted by atomic mass is 16.6. The molecule has 1 saturated heterocycles. The van der Waals surface area contributed by atoms with Crippen LogP contribution < -0.4 is 15.4 Å². The molecule has 2 aromatic rings. The van der Waals surface area contributed by atoms with Gasteiger partial charge in [0.1, 0.15) is 18.3 Å². The zero-order valence-corrected chi connectivity index (χ0v) is 16.0. The Bertz CT molecular complexity index is 895. The number of rotatable bonds is 7. The van der Waals surface area contributed by atoms with Crippen LogP contribution in [0.5, 0.6) is 5.75 Å². The number of hydrogen-bond donors (Lipinski definition) is 2. The molecule has 0 unspecified atom stereocenters. The first kappa shape index (κ1) is 19.7. The molecule has 1 aliphatic heterocycles. The number of esters is 1. The largest absolute Gasteiger partial charge is 0.493 e. The molecule has 148 valence electrons. The molecule has 1 heterocycles. The predicted molar refractivity (Wildman–Crippen MR) is 105 cm³/mol. The number of urea groups is 1. The monoisotopic (exact) mass is 384 g/mol. The van der Waals surface area contributed by atoms with E-state index < -0.39 is 24.0 Å². The average Bonchev–Trinajstić information content (AvgIpc) is 2.67. The molecule has 0 radical (unpaired) electrons. The maximum atomic E-state index is 12.8. The molecule has 0 aromatic heterocycles. The van der Waals surface area contributed by atoms with Crippen LogP contribution >= 0.6 is 0 Å². The molecular formula is C21H24N2O5. The third kappa shape index (κ3) is 3.94. The lowest BCUT2D eigenvalue weighted by molar-refractivity contribution is -0.149. The van der Waals surface area contributed by atoms with Crippen LogP contribution in [0.4, 0.5) is 4.79 Å². The number of nitrogens with one attached hydrogen (secondary N) is 2. The van der Waals surface area contributed by atoms with E-state index in [1.807, 2.05) is 43.3 Å². The first-order valence-electron chi connectivity index (χ1n) is 9.13. The second-order valence-electron chi connectivity index (χ2n) is 6.37. The summed E-state index contributed by atoms with van der Waals surface area (Å²) >= 11 is 0. The van der Waals surface area contributed by atoms with E-state index in [-0.39, 0.29) is 18.9 Å². The Balaban J connectivity index is 2.09. The molecular weight excluding hydrogens is 360 g/mol. The number of ether oxygens (including phenoxy) is 3. The molecule has 7 heteroatoms. The van der Waals surface area contributed by atoms with E-state index in [4.69, 9.17) is 14.2 Å². The summed E-state index contributed by atoms with van der Waals surface area (Å²) in [5.41, 5.74) is 1.01. The zero-order valence-electron chi connectivity index (χ0n) is 16.0. The van der Waals surface area contributed by atoms with Crippen molar-refractivity contribution in [3.63, 3.8) is 0 Å². The van der Waals surface area contributed by atoms with Gasteiger partial charge in [-0.15, -0.1) is 0 Å². The van der Waals surface area contributed by atoms with Gasteiger partial charge in [-0.1, -0.05) is 36.9 Å². The van der Waals surface area contributed by atoms with Gasteiger partial charge in [0.15, 0.2) is 0 Å². The third-order valence-corrected chi connectivity index (χ3v) is 4.60. The molecule has 2 N–H and O–H groups in total. The minimum Gasteiger partial charge on any atom is -0.493 e. The van der Waals surface area contributed by atoms with E-state index in [0.717, 1.165) is 16.3 Å². The summed E-state index contributed by atoms with van der Waals surface area (Å²) in [6, 6.07) is 10.5. The number of amides is 2. The third-order valence-electron chi connectivity index (χ3n) is 4.60. The van der Waals surface area contributed by atoms with Crippen molar-refractivity contribution >= 4 is 22.8 Å². The summed E-state index contributed by atoms with van der Waals surface area (Å²) < 4.78 is 16.1. The maximum absolute atomic E-state index is 12.8. The molecule has 0 spiro atoms. The molecule has 2 aromatic carbocycles. The summed E-state index contributed by atoms with van der Waals surface area (Å²) in [5, 5.41) is 7.30. The van der Waals surface area contributed by atoms with Gasteiger partial charge in [-0.25, -0.2) is 4.79 Å². The Morgan fingerprint density at radius 1 is 1.18 bits per heavy atom. The number of carbonyl (C=O) groups is 2. The molecule has 1 aliphatic rings. The normalized spacial score (nSPS) is 19.1. The average molecular weight is 384 g/mol. The fourth-order valence-corrected chi connectivity index (χ4v) is 3.40. The van der Waals surface area contributed by atoms with Crippen LogP contribution in [-0.4, -0.2) is 38.9 Å². The van der Waals surface area contributed by atoms with Crippen molar-refractivity contribution in [3.8, 4) is 5.75 Å². The summed E-state index contributed by atoms with van der Waals surface area (Å²) in [5.74, 6) is -0.689. The van der Waals surface area contributed by atoms with Crippen LogP contribution in [0.2, 0.25) is 0 Å². The van der Waals surface area contributed by atoms with Crippen molar-refractivity contribution < 1.29 is 23.8 Å². The van der Waals surface area contributed by atoms with Crippen molar-refractivity contribution in [2.24, 2.45) is 5.92 Å². The molecule has 1 fully saturated rings. The number of carbonyl (C=O) groups excluding carboxylic acids is 2. The number of methoxy groups -OCH3 is 1. The molecule has 0 aliphatic carbocycles. The summed E-state index contributed by atoms with van der Waals surface area (Å²) in [6.07, 6.45) is 0. The SMILES string of the molecule is C=C1NC(=O)N[C@@H](c2c(OCC)ccc3ccccc23)[C@@H]1C(=O)OCCOC. The Morgan fingerprint density at radius 2 is 1.96 bits per heavy atom. The Labute approximate surface area is 163 Å². The van der Waals surface area contributed by atoms with Crippen molar-refractivity contribution in [2.75, 3.05) is 26.9 Å². The van der Waals surface area contributed by atoms with Crippen molar-refractivity contribution in [1.82, 2.24) is 10.6 Å². The van der Waals surface area contributed by atoms with Crippen LogP contribution in [0.15, 0.2) is 48.7 Å². The fraction of sp³-hybridized carbons (Fsp3) is 0.333. The van der Waals surface area contributed by atoms with Gasteiger partial charge in [0, 0.05) is 18.4 Å². The second-order valence-corrected chi connectivity index (χ2v) is 6.37. The van der Waals surface area contributed by atoms with Crippen molar-refractivity contribution in [2.45, 2.75) is 13.0 Å². The fourth-order valence-electron chi connectivity index (χ4n) is 3.40. The number of benzene rings is 2. The minimum absolute atomic E-state index is 0.119. The highest BCUT2D eigenvalue weighted by molar-refractivity contribution is 5.92. The van der Waals surface area contributed by atoms with Gasteiger partial charge >= 0.3 is 12.0 Å². The zero-order chi connectivity index (χ0) is 20.1. The standard InChI is InChI=1S/C21H24N2O5/c1-4-27-16-10-9-14-7-5-6-8-15(14)18(16)19-17(13(2)22-21(25)23-19)20(24)28-12-11-26-3/h5-10,17,19H,2,4,11-12H2,1,3H3,(H2,22,23,25)/t17-,19-/m1/s1. The van der Waals surface area contributed by atoms with Gasteiger partial charge in [-0.2, -0.15) is 0 Å². The maximum Gasteiger partial charge on any atom is 0.319 e. The Morgan fingerprint density at radius 3 is 2.71 bits per heavy atom. The van der Waals surface area contributed by atoms with Crippen molar-refractivity contribution in [1.29, 1.82) is 0 Å². The molecule has 7 nitrogen and oxygen atoms in total. The van der Waals surface area contributed by atoms with E-state index >= 15 is 0 Å². The summed E-state index contributed by atoms with van der Waals surface area (Å²) in [6.45, 7) is 6.62. The Kier molecular flexibility index (Phi) is 6.16. The summed E-state index contributed by atoms with van der Waals surface area (Å²) in [4.78, 5) is 25.0. The van der Waals surface area contributed by atoms with Gasteiger partial charge in [0.05, 0.1) is 19.3 Å².